The lowest BCUT2D eigenvalue weighted by Gasteiger charge is -2.10. The van der Waals surface area contributed by atoms with Crippen LogP contribution in [0.2, 0.25) is 0 Å². The van der Waals surface area contributed by atoms with Crippen LogP contribution in [0.4, 0.5) is 4.39 Å². The molecule has 1 rings (SSSR count). The van der Waals surface area contributed by atoms with E-state index >= 15 is 0 Å². The minimum absolute atomic E-state index is 0.169. The van der Waals surface area contributed by atoms with Crippen molar-refractivity contribution in [2.24, 2.45) is 5.73 Å². The van der Waals surface area contributed by atoms with Gasteiger partial charge in [-0.05, 0) is 51.7 Å². The molecule has 5 heteroatoms. The van der Waals surface area contributed by atoms with E-state index in [1.807, 2.05) is 14.1 Å². The first-order valence-corrected chi connectivity index (χ1v) is 6.96. The second kappa shape index (κ2) is 9.11. The van der Waals surface area contributed by atoms with E-state index in [9.17, 15) is 9.18 Å². The maximum absolute atomic E-state index is 13.2. The van der Waals surface area contributed by atoms with Crippen molar-refractivity contribution in [2.75, 3.05) is 33.7 Å². The summed E-state index contributed by atoms with van der Waals surface area (Å²) in [6.45, 7) is 1.75. The Morgan fingerprint density at radius 3 is 2.81 bits per heavy atom. The van der Waals surface area contributed by atoms with E-state index in [-0.39, 0.29) is 12.5 Å². The zero-order valence-electron chi connectivity index (χ0n) is 12.6. The Morgan fingerprint density at radius 2 is 2.14 bits per heavy atom. The van der Waals surface area contributed by atoms with Gasteiger partial charge < -0.3 is 16.0 Å². The zero-order chi connectivity index (χ0) is 15.7. The predicted molar refractivity (Wildman–Crippen MR) is 82.5 cm³/mol. The molecule has 1 amide bonds. The van der Waals surface area contributed by atoms with Gasteiger partial charge in [-0.1, -0.05) is 11.8 Å². The van der Waals surface area contributed by atoms with E-state index in [0.717, 1.165) is 19.4 Å². The molecule has 0 spiro atoms. The number of carbonyl (C=O) groups excluding carboxylic acids is 1. The van der Waals surface area contributed by atoms with E-state index in [2.05, 4.69) is 22.1 Å². The van der Waals surface area contributed by atoms with Crippen LogP contribution < -0.4 is 11.1 Å². The van der Waals surface area contributed by atoms with Crippen LogP contribution in [0.25, 0.3) is 0 Å². The zero-order valence-corrected chi connectivity index (χ0v) is 12.6. The fourth-order valence-electron chi connectivity index (χ4n) is 1.81. The molecule has 0 aliphatic carbocycles. The number of carbonyl (C=O) groups is 1. The lowest BCUT2D eigenvalue weighted by atomic mass is 10.1. The van der Waals surface area contributed by atoms with Gasteiger partial charge in [0.2, 0.25) is 0 Å². The van der Waals surface area contributed by atoms with Crippen LogP contribution >= 0.6 is 0 Å². The van der Waals surface area contributed by atoms with Crippen LogP contribution in [-0.2, 0) is 0 Å². The topological polar surface area (TPSA) is 58.4 Å². The van der Waals surface area contributed by atoms with E-state index < -0.39 is 5.82 Å². The van der Waals surface area contributed by atoms with Crippen LogP contribution in [-0.4, -0.2) is 44.5 Å². The fourth-order valence-corrected chi connectivity index (χ4v) is 1.81. The van der Waals surface area contributed by atoms with Gasteiger partial charge in [-0.15, -0.1) is 0 Å². The average molecular weight is 291 g/mol. The van der Waals surface area contributed by atoms with Gasteiger partial charge in [0.15, 0.2) is 0 Å². The van der Waals surface area contributed by atoms with E-state index in [1.54, 1.807) is 0 Å². The molecule has 0 atom stereocenters. The number of hydrogen-bond donors (Lipinski definition) is 2. The van der Waals surface area contributed by atoms with Gasteiger partial charge in [0.05, 0.1) is 12.1 Å². The molecule has 1 aromatic carbocycles. The molecule has 0 bridgehead atoms. The number of amides is 1. The number of unbranched alkanes of at least 4 members (excludes halogenated alkanes) is 1. The number of rotatable bonds is 6. The number of nitrogens with zero attached hydrogens (tertiary/aromatic N) is 1. The summed E-state index contributed by atoms with van der Waals surface area (Å²) in [5, 5.41) is 2.83. The summed E-state index contributed by atoms with van der Waals surface area (Å²) in [5.74, 6) is 4.72. The Balaban J connectivity index is 2.61. The molecule has 0 aliphatic heterocycles. The monoisotopic (exact) mass is 291 g/mol. The quantitative estimate of drug-likeness (QED) is 0.612. The third kappa shape index (κ3) is 6.39. The van der Waals surface area contributed by atoms with Gasteiger partial charge in [-0.3, -0.25) is 4.79 Å². The molecule has 3 N–H and O–H groups in total. The second-order valence-corrected chi connectivity index (χ2v) is 4.96. The van der Waals surface area contributed by atoms with E-state index in [1.165, 1.54) is 18.2 Å². The Labute approximate surface area is 125 Å². The van der Waals surface area contributed by atoms with Gasteiger partial charge in [0, 0.05) is 12.1 Å². The van der Waals surface area contributed by atoms with Gasteiger partial charge in [0.25, 0.3) is 5.91 Å². The SMILES string of the molecule is CN(C)CCCCNC(=O)c1ccc(F)cc1C#CCN. The van der Waals surface area contributed by atoms with Crippen LogP contribution in [0.3, 0.4) is 0 Å². The minimum Gasteiger partial charge on any atom is -0.352 e. The molecular weight excluding hydrogens is 269 g/mol. The highest BCUT2D eigenvalue weighted by Crippen LogP contribution is 2.10. The molecule has 21 heavy (non-hydrogen) atoms. The van der Waals surface area contributed by atoms with Crippen molar-refractivity contribution in [3.05, 3.63) is 35.1 Å². The number of halogens is 1. The Kier molecular flexibility index (Phi) is 7.44. The van der Waals surface area contributed by atoms with Crippen molar-refractivity contribution in [2.45, 2.75) is 12.8 Å². The number of benzene rings is 1. The molecule has 0 fully saturated rings. The lowest BCUT2D eigenvalue weighted by molar-refractivity contribution is 0.0952. The number of hydrogen-bond acceptors (Lipinski definition) is 3. The summed E-state index contributed by atoms with van der Waals surface area (Å²) in [4.78, 5) is 14.2. The second-order valence-electron chi connectivity index (χ2n) is 4.96. The number of nitrogens with two attached hydrogens (primary N) is 1. The van der Waals surface area contributed by atoms with Crippen LogP contribution in [0.5, 0.6) is 0 Å². The van der Waals surface area contributed by atoms with Gasteiger partial charge >= 0.3 is 0 Å². The Bertz CT molecular complexity index is 532. The third-order valence-electron chi connectivity index (χ3n) is 2.87. The molecule has 0 saturated heterocycles. The summed E-state index contributed by atoms with van der Waals surface area (Å²) in [6, 6.07) is 3.96. The Hall–Kier alpha value is -1.90. The van der Waals surface area contributed by atoms with Crippen molar-refractivity contribution in [3.8, 4) is 11.8 Å². The summed E-state index contributed by atoms with van der Waals surface area (Å²) < 4.78 is 13.2. The number of nitrogens with one attached hydrogen (secondary N) is 1. The van der Waals surface area contributed by atoms with Gasteiger partial charge in [0.1, 0.15) is 5.82 Å². The van der Waals surface area contributed by atoms with Gasteiger partial charge in [-0.2, -0.15) is 0 Å². The molecule has 1 aromatic rings. The smallest absolute Gasteiger partial charge is 0.252 e. The van der Waals surface area contributed by atoms with Crippen molar-refractivity contribution in [3.63, 3.8) is 0 Å². The van der Waals surface area contributed by atoms with Crippen LogP contribution in [0.1, 0.15) is 28.8 Å². The summed E-state index contributed by atoms with van der Waals surface area (Å²) in [7, 11) is 4.03. The highest BCUT2D eigenvalue weighted by Gasteiger charge is 2.10. The van der Waals surface area contributed by atoms with E-state index in [0.29, 0.717) is 17.7 Å². The first kappa shape index (κ1) is 17.2. The molecule has 114 valence electrons. The minimum atomic E-state index is -0.418. The Morgan fingerprint density at radius 1 is 1.38 bits per heavy atom. The molecular formula is C16H22FN3O. The van der Waals surface area contributed by atoms with Crippen LogP contribution in [0.15, 0.2) is 18.2 Å². The molecule has 0 aromatic heterocycles. The lowest BCUT2D eigenvalue weighted by Crippen LogP contribution is -2.26. The first-order valence-electron chi connectivity index (χ1n) is 6.96. The van der Waals surface area contributed by atoms with Crippen molar-refractivity contribution >= 4 is 5.91 Å². The summed E-state index contributed by atoms with van der Waals surface area (Å²) >= 11 is 0. The van der Waals surface area contributed by atoms with Crippen molar-refractivity contribution in [1.29, 1.82) is 0 Å². The predicted octanol–water partition coefficient (Wildman–Crippen LogP) is 1.21. The van der Waals surface area contributed by atoms with Crippen molar-refractivity contribution < 1.29 is 9.18 Å². The maximum atomic E-state index is 13.2. The van der Waals surface area contributed by atoms with Crippen LogP contribution in [0, 0.1) is 17.7 Å². The first-order chi connectivity index (χ1) is 10.0. The highest BCUT2D eigenvalue weighted by molar-refractivity contribution is 5.96. The molecule has 0 saturated carbocycles. The molecule has 0 radical (unpaired) electrons. The average Bonchev–Trinajstić information content (AvgIpc) is 2.44. The maximum Gasteiger partial charge on any atom is 0.252 e. The molecule has 0 aliphatic rings. The highest BCUT2D eigenvalue weighted by atomic mass is 19.1. The molecule has 4 nitrogen and oxygen atoms in total. The van der Waals surface area contributed by atoms with Crippen molar-refractivity contribution in [1.82, 2.24) is 10.2 Å². The summed E-state index contributed by atoms with van der Waals surface area (Å²) in [6.07, 6.45) is 1.91. The summed E-state index contributed by atoms with van der Waals surface area (Å²) in [5.41, 5.74) is 6.05. The molecule has 0 unspecified atom stereocenters. The molecule has 0 heterocycles. The van der Waals surface area contributed by atoms with Gasteiger partial charge in [-0.25, -0.2) is 4.39 Å². The largest absolute Gasteiger partial charge is 0.352 e. The fraction of sp³-hybridized carbons (Fsp3) is 0.438. The van der Waals surface area contributed by atoms with E-state index in [4.69, 9.17) is 5.73 Å². The normalized spacial score (nSPS) is 10.1. The third-order valence-corrected chi connectivity index (χ3v) is 2.87. The standard InChI is InChI=1S/C16H22FN3O/c1-20(2)11-4-3-10-19-16(21)15-8-7-14(17)12-13(15)6-5-9-18/h7-8,12H,3-4,9-11,18H2,1-2H3,(H,19,21).